The van der Waals surface area contributed by atoms with E-state index >= 15 is 0 Å². The van der Waals surface area contributed by atoms with Gasteiger partial charge in [-0.15, -0.1) is 0 Å². The van der Waals surface area contributed by atoms with Crippen LogP contribution in [0.15, 0.2) is 24.3 Å². The molecule has 4 nitrogen and oxygen atoms in total. The highest BCUT2D eigenvalue weighted by molar-refractivity contribution is 6.01. The molecule has 0 aromatic heterocycles. The zero-order valence-corrected chi connectivity index (χ0v) is 12.9. The first kappa shape index (κ1) is 17.3. The van der Waals surface area contributed by atoms with Gasteiger partial charge in [0.2, 0.25) is 11.8 Å². The number of halogens is 3. The predicted molar refractivity (Wildman–Crippen MR) is 78.4 cm³/mol. The van der Waals surface area contributed by atoms with Crippen molar-refractivity contribution in [2.24, 2.45) is 5.92 Å². The number of hydrogen-bond acceptors (Lipinski definition) is 2. The monoisotopic (exact) mass is 328 g/mol. The van der Waals surface area contributed by atoms with Crippen LogP contribution in [0.5, 0.6) is 0 Å². The van der Waals surface area contributed by atoms with Gasteiger partial charge < -0.3 is 10.6 Å². The molecule has 2 amide bonds. The van der Waals surface area contributed by atoms with Crippen LogP contribution in [0.4, 0.5) is 13.2 Å². The van der Waals surface area contributed by atoms with Crippen molar-refractivity contribution < 1.29 is 22.8 Å². The SMILES string of the molecule is Cc1ccc(C(C)NC(=O)C2CCC(C(F)(F)F)NC2=O)cc1. The van der Waals surface area contributed by atoms with Crippen LogP contribution in [0.3, 0.4) is 0 Å². The van der Waals surface area contributed by atoms with Crippen molar-refractivity contribution in [3.8, 4) is 0 Å². The minimum Gasteiger partial charge on any atom is -0.349 e. The minimum atomic E-state index is -4.48. The van der Waals surface area contributed by atoms with Gasteiger partial charge in [0.25, 0.3) is 0 Å². The fraction of sp³-hybridized carbons (Fsp3) is 0.500. The molecule has 126 valence electrons. The topological polar surface area (TPSA) is 58.2 Å². The van der Waals surface area contributed by atoms with Gasteiger partial charge in [-0.25, -0.2) is 0 Å². The van der Waals surface area contributed by atoms with E-state index in [-0.39, 0.29) is 18.9 Å². The molecule has 23 heavy (non-hydrogen) atoms. The van der Waals surface area contributed by atoms with Crippen LogP contribution in [0.2, 0.25) is 0 Å². The molecule has 1 aromatic carbocycles. The Bertz CT molecular complexity index is 584. The van der Waals surface area contributed by atoms with E-state index in [4.69, 9.17) is 0 Å². The number of rotatable bonds is 3. The Labute approximate surface area is 132 Å². The molecule has 3 unspecified atom stereocenters. The quantitative estimate of drug-likeness (QED) is 0.838. The van der Waals surface area contributed by atoms with Crippen LogP contribution in [-0.4, -0.2) is 24.0 Å². The summed E-state index contributed by atoms with van der Waals surface area (Å²) in [6.07, 6.45) is -4.87. The first-order valence-electron chi connectivity index (χ1n) is 7.42. The molecule has 0 aliphatic carbocycles. The smallest absolute Gasteiger partial charge is 0.349 e. The number of carbonyl (C=O) groups excluding carboxylic acids is 2. The van der Waals surface area contributed by atoms with Crippen molar-refractivity contribution in [1.82, 2.24) is 10.6 Å². The summed E-state index contributed by atoms with van der Waals surface area (Å²) >= 11 is 0. The first-order chi connectivity index (χ1) is 10.7. The molecule has 1 heterocycles. The van der Waals surface area contributed by atoms with Gasteiger partial charge in [0, 0.05) is 0 Å². The molecular formula is C16H19F3N2O2. The van der Waals surface area contributed by atoms with E-state index in [1.54, 1.807) is 6.92 Å². The van der Waals surface area contributed by atoms with Crippen molar-refractivity contribution >= 4 is 11.8 Å². The van der Waals surface area contributed by atoms with Crippen molar-refractivity contribution in [1.29, 1.82) is 0 Å². The Morgan fingerprint density at radius 1 is 1.26 bits per heavy atom. The molecule has 0 radical (unpaired) electrons. The van der Waals surface area contributed by atoms with E-state index in [0.717, 1.165) is 11.1 Å². The van der Waals surface area contributed by atoms with Crippen molar-refractivity contribution in [2.75, 3.05) is 0 Å². The third kappa shape index (κ3) is 4.24. The molecule has 7 heteroatoms. The summed E-state index contributed by atoms with van der Waals surface area (Å²) in [5.74, 6) is -2.50. The van der Waals surface area contributed by atoms with E-state index < -0.39 is 30.0 Å². The molecule has 2 rings (SSSR count). The normalized spacial score (nSPS) is 23.1. The largest absolute Gasteiger partial charge is 0.408 e. The van der Waals surface area contributed by atoms with Gasteiger partial charge in [-0.3, -0.25) is 9.59 Å². The Kier molecular flexibility index (Phi) is 4.97. The maximum absolute atomic E-state index is 12.6. The highest BCUT2D eigenvalue weighted by atomic mass is 19.4. The molecule has 1 aromatic rings. The Morgan fingerprint density at radius 3 is 2.39 bits per heavy atom. The van der Waals surface area contributed by atoms with Gasteiger partial charge in [0.15, 0.2) is 0 Å². The van der Waals surface area contributed by atoms with Crippen molar-refractivity contribution in [2.45, 2.75) is 44.9 Å². The van der Waals surface area contributed by atoms with Gasteiger partial charge >= 0.3 is 6.18 Å². The number of amides is 2. The average molecular weight is 328 g/mol. The summed E-state index contributed by atoms with van der Waals surface area (Å²) in [4.78, 5) is 23.9. The summed E-state index contributed by atoms with van der Waals surface area (Å²) < 4.78 is 37.8. The number of aryl methyl sites for hydroxylation is 1. The van der Waals surface area contributed by atoms with Crippen LogP contribution in [0.25, 0.3) is 0 Å². The Balaban J connectivity index is 1.96. The van der Waals surface area contributed by atoms with Crippen molar-refractivity contribution in [3.05, 3.63) is 35.4 Å². The van der Waals surface area contributed by atoms with E-state index in [1.807, 2.05) is 36.5 Å². The third-order valence-corrected chi connectivity index (χ3v) is 4.02. The summed E-state index contributed by atoms with van der Waals surface area (Å²) in [7, 11) is 0. The molecule has 0 saturated carbocycles. The van der Waals surface area contributed by atoms with E-state index in [1.165, 1.54) is 0 Å². The standard InChI is InChI=1S/C16H19F3N2O2/c1-9-3-5-11(6-4-9)10(2)20-14(22)12-7-8-13(16(17,18)19)21-15(12)23/h3-6,10,12-13H,7-8H2,1-2H3,(H,20,22)(H,21,23). The van der Waals surface area contributed by atoms with Crippen LogP contribution < -0.4 is 10.6 Å². The number of benzene rings is 1. The highest BCUT2D eigenvalue weighted by Crippen LogP contribution is 2.28. The Morgan fingerprint density at radius 2 is 1.87 bits per heavy atom. The lowest BCUT2D eigenvalue weighted by atomic mass is 9.92. The molecule has 2 N–H and O–H groups in total. The lowest BCUT2D eigenvalue weighted by Gasteiger charge is -2.30. The molecular weight excluding hydrogens is 309 g/mol. The van der Waals surface area contributed by atoms with Gasteiger partial charge in [-0.05, 0) is 32.3 Å². The summed E-state index contributed by atoms with van der Waals surface area (Å²) in [6, 6.07) is 5.34. The number of nitrogens with one attached hydrogen (secondary N) is 2. The van der Waals surface area contributed by atoms with Crippen LogP contribution in [-0.2, 0) is 9.59 Å². The number of hydrogen-bond donors (Lipinski definition) is 2. The second kappa shape index (κ2) is 6.60. The summed E-state index contributed by atoms with van der Waals surface area (Å²) in [5, 5.41) is 4.57. The summed E-state index contributed by atoms with van der Waals surface area (Å²) in [5.41, 5.74) is 1.95. The summed E-state index contributed by atoms with van der Waals surface area (Å²) in [6.45, 7) is 3.71. The van der Waals surface area contributed by atoms with Crippen LogP contribution >= 0.6 is 0 Å². The Hall–Kier alpha value is -2.05. The second-order valence-electron chi connectivity index (χ2n) is 5.87. The van der Waals surface area contributed by atoms with Crippen molar-refractivity contribution in [3.63, 3.8) is 0 Å². The van der Waals surface area contributed by atoms with Gasteiger partial charge in [0.1, 0.15) is 12.0 Å². The zero-order chi connectivity index (χ0) is 17.2. The fourth-order valence-electron chi connectivity index (χ4n) is 2.56. The molecule has 1 saturated heterocycles. The predicted octanol–water partition coefficient (Wildman–Crippen LogP) is 2.63. The highest BCUT2D eigenvalue weighted by Gasteiger charge is 2.45. The van der Waals surface area contributed by atoms with E-state index in [2.05, 4.69) is 5.32 Å². The number of alkyl halides is 3. The van der Waals surface area contributed by atoms with E-state index in [9.17, 15) is 22.8 Å². The molecule has 0 spiro atoms. The molecule has 1 aliphatic heterocycles. The molecule has 1 fully saturated rings. The maximum Gasteiger partial charge on any atom is 0.408 e. The third-order valence-electron chi connectivity index (χ3n) is 4.02. The fourth-order valence-corrected chi connectivity index (χ4v) is 2.56. The van der Waals surface area contributed by atoms with Gasteiger partial charge in [-0.2, -0.15) is 13.2 Å². The minimum absolute atomic E-state index is 0.109. The van der Waals surface area contributed by atoms with Gasteiger partial charge in [-0.1, -0.05) is 29.8 Å². The van der Waals surface area contributed by atoms with Crippen LogP contribution in [0, 0.1) is 12.8 Å². The van der Waals surface area contributed by atoms with E-state index in [0.29, 0.717) is 0 Å². The van der Waals surface area contributed by atoms with Crippen LogP contribution in [0.1, 0.15) is 36.9 Å². The average Bonchev–Trinajstić information content (AvgIpc) is 2.46. The maximum atomic E-state index is 12.6. The molecule has 1 aliphatic rings. The zero-order valence-electron chi connectivity index (χ0n) is 12.9. The molecule has 0 bridgehead atoms. The molecule has 3 atom stereocenters. The second-order valence-corrected chi connectivity index (χ2v) is 5.87. The van der Waals surface area contributed by atoms with Gasteiger partial charge in [0.05, 0.1) is 6.04 Å². The number of piperidine rings is 1. The lowest BCUT2D eigenvalue weighted by molar-refractivity contribution is -0.171. The number of carbonyl (C=O) groups is 2. The first-order valence-corrected chi connectivity index (χ1v) is 7.42. The lowest BCUT2D eigenvalue weighted by Crippen LogP contribution is -2.54.